The second-order valence-electron chi connectivity index (χ2n) is 6.04. The summed E-state index contributed by atoms with van der Waals surface area (Å²) < 4.78 is 39.2. The molecule has 0 fully saturated rings. The van der Waals surface area contributed by atoms with Gasteiger partial charge in [-0.05, 0) is 55.6 Å². The number of alkyl halides is 3. The molecule has 2 rings (SSSR count). The quantitative estimate of drug-likeness (QED) is 0.907. The summed E-state index contributed by atoms with van der Waals surface area (Å²) in [5, 5.41) is 21.1. The molecule has 0 saturated heterocycles. The smallest absolute Gasteiger partial charge is 0.389 e. The van der Waals surface area contributed by atoms with E-state index < -0.39 is 17.3 Å². The molecule has 0 atom stereocenters. The number of nitrogens with zero attached hydrogens (tertiary/aromatic N) is 5. The van der Waals surface area contributed by atoms with Gasteiger partial charge in [0, 0.05) is 6.54 Å². The van der Waals surface area contributed by atoms with Crippen LogP contribution in [0.4, 0.5) is 13.2 Å². The van der Waals surface area contributed by atoms with Crippen LogP contribution in [0.5, 0.6) is 0 Å². The maximum absolute atomic E-state index is 12.6. The molecule has 0 unspecified atom stereocenters. The van der Waals surface area contributed by atoms with Crippen LogP contribution in [0.1, 0.15) is 25.2 Å². The van der Waals surface area contributed by atoms with Gasteiger partial charge in [0.1, 0.15) is 0 Å². The van der Waals surface area contributed by atoms with E-state index >= 15 is 0 Å². The molecule has 1 N–H and O–H groups in total. The third-order valence-corrected chi connectivity index (χ3v) is 3.04. The predicted molar refractivity (Wildman–Crippen MR) is 76.8 cm³/mol. The molecule has 0 radical (unpaired) electrons. The summed E-state index contributed by atoms with van der Waals surface area (Å²) in [4.78, 5) is 1.83. The molecule has 126 valence electrons. The number of hydrogen-bond donors (Lipinski definition) is 1. The Labute approximate surface area is 131 Å². The zero-order valence-electron chi connectivity index (χ0n) is 13.0. The topological polar surface area (TPSA) is 67.1 Å². The van der Waals surface area contributed by atoms with Crippen molar-refractivity contribution in [2.24, 2.45) is 0 Å². The third-order valence-electron chi connectivity index (χ3n) is 3.04. The number of halogens is 3. The Morgan fingerprint density at radius 3 is 2.30 bits per heavy atom. The lowest BCUT2D eigenvalue weighted by Gasteiger charge is -2.24. The summed E-state index contributed by atoms with van der Waals surface area (Å²) in [5.74, 6) is 0.469. The monoisotopic (exact) mass is 329 g/mol. The average molecular weight is 329 g/mol. The van der Waals surface area contributed by atoms with E-state index in [0.717, 1.165) is 12.1 Å². The van der Waals surface area contributed by atoms with Crippen molar-refractivity contribution in [1.29, 1.82) is 0 Å². The Bertz CT molecular complexity index is 646. The molecule has 0 amide bonds. The average Bonchev–Trinajstić information content (AvgIpc) is 2.83. The number of aliphatic hydroxyl groups is 1. The fourth-order valence-corrected chi connectivity index (χ4v) is 2.25. The van der Waals surface area contributed by atoms with Crippen molar-refractivity contribution in [3.8, 4) is 5.69 Å². The molecule has 23 heavy (non-hydrogen) atoms. The largest absolute Gasteiger partial charge is 0.416 e. The van der Waals surface area contributed by atoms with Crippen LogP contribution in [0.3, 0.4) is 0 Å². The fourth-order valence-electron chi connectivity index (χ4n) is 2.25. The van der Waals surface area contributed by atoms with Crippen LogP contribution in [0.15, 0.2) is 24.3 Å². The van der Waals surface area contributed by atoms with E-state index in [1.165, 1.54) is 16.8 Å². The minimum Gasteiger partial charge on any atom is -0.389 e. The summed E-state index contributed by atoms with van der Waals surface area (Å²) in [6.45, 7) is 4.11. The molecular formula is C14H18F3N5O. The van der Waals surface area contributed by atoms with Crippen molar-refractivity contribution >= 4 is 0 Å². The van der Waals surface area contributed by atoms with Crippen LogP contribution in [0.2, 0.25) is 0 Å². The van der Waals surface area contributed by atoms with Crippen LogP contribution in [-0.2, 0) is 12.7 Å². The molecule has 1 heterocycles. The number of likely N-dealkylation sites (N-methyl/N-ethyl adjacent to an activating group) is 1. The summed E-state index contributed by atoms with van der Waals surface area (Å²) in [6.07, 6.45) is -4.38. The van der Waals surface area contributed by atoms with Crippen molar-refractivity contribution in [2.45, 2.75) is 32.2 Å². The third kappa shape index (κ3) is 4.73. The summed E-state index contributed by atoms with van der Waals surface area (Å²) in [7, 11) is 1.80. The van der Waals surface area contributed by atoms with Gasteiger partial charge in [0.2, 0.25) is 0 Å². The maximum Gasteiger partial charge on any atom is 0.416 e. The van der Waals surface area contributed by atoms with Crippen molar-refractivity contribution < 1.29 is 18.3 Å². The second kappa shape index (κ2) is 6.25. The molecule has 1 aromatic heterocycles. The number of hydrogen-bond acceptors (Lipinski definition) is 5. The minimum atomic E-state index is -4.38. The molecule has 0 saturated carbocycles. The zero-order chi connectivity index (χ0) is 17.3. The lowest BCUT2D eigenvalue weighted by atomic mass is 10.1. The van der Waals surface area contributed by atoms with Gasteiger partial charge in [0.25, 0.3) is 0 Å². The van der Waals surface area contributed by atoms with Gasteiger partial charge < -0.3 is 5.11 Å². The van der Waals surface area contributed by atoms with E-state index in [1.807, 2.05) is 4.90 Å². The highest BCUT2D eigenvalue weighted by Gasteiger charge is 2.30. The van der Waals surface area contributed by atoms with Gasteiger partial charge in [-0.1, -0.05) is 0 Å². The van der Waals surface area contributed by atoms with Crippen LogP contribution >= 0.6 is 0 Å². The summed E-state index contributed by atoms with van der Waals surface area (Å²) in [5.41, 5.74) is -1.16. The van der Waals surface area contributed by atoms with Crippen molar-refractivity contribution in [3.05, 3.63) is 35.7 Å². The van der Waals surface area contributed by atoms with Crippen LogP contribution in [0, 0.1) is 0 Å². The maximum atomic E-state index is 12.6. The second-order valence-corrected chi connectivity index (χ2v) is 6.04. The van der Waals surface area contributed by atoms with Crippen molar-refractivity contribution in [2.75, 3.05) is 13.6 Å². The Hall–Kier alpha value is -2.00. The first kappa shape index (κ1) is 17.4. The minimum absolute atomic E-state index is 0.345. The summed E-state index contributed by atoms with van der Waals surface area (Å²) >= 11 is 0. The predicted octanol–water partition coefficient (Wildman–Crippen LogP) is 1.88. The Balaban J connectivity index is 2.18. The highest BCUT2D eigenvalue weighted by Crippen LogP contribution is 2.29. The molecule has 2 aromatic rings. The van der Waals surface area contributed by atoms with E-state index in [1.54, 1.807) is 20.9 Å². The first-order valence-corrected chi connectivity index (χ1v) is 6.92. The van der Waals surface area contributed by atoms with Gasteiger partial charge in [-0.2, -0.15) is 17.9 Å². The van der Waals surface area contributed by atoms with Crippen molar-refractivity contribution in [1.82, 2.24) is 25.1 Å². The SMILES string of the molecule is CN(Cc1nnnn1-c1ccc(C(F)(F)F)cc1)CC(C)(C)O. The Kier molecular flexibility index (Phi) is 4.71. The molecule has 9 heteroatoms. The molecular weight excluding hydrogens is 311 g/mol. The first-order valence-electron chi connectivity index (χ1n) is 6.92. The van der Waals surface area contributed by atoms with Gasteiger partial charge in [-0.25, -0.2) is 0 Å². The van der Waals surface area contributed by atoms with E-state index in [9.17, 15) is 18.3 Å². The zero-order valence-corrected chi connectivity index (χ0v) is 13.0. The van der Waals surface area contributed by atoms with Gasteiger partial charge in [-0.3, -0.25) is 4.90 Å². The van der Waals surface area contributed by atoms with Gasteiger partial charge in [-0.15, -0.1) is 5.10 Å². The fraction of sp³-hybridized carbons (Fsp3) is 0.500. The lowest BCUT2D eigenvalue weighted by molar-refractivity contribution is -0.137. The summed E-state index contributed by atoms with van der Waals surface area (Å²) in [6, 6.07) is 4.61. The van der Waals surface area contributed by atoms with E-state index in [4.69, 9.17) is 0 Å². The highest BCUT2D eigenvalue weighted by atomic mass is 19.4. The van der Waals surface area contributed by atoms with Crippen LogP contribution in [0.25, 0.3) is 5.69 Å². The molecule has 0 bridgehead atoms. The van der Waals surface area contributed by atoms with Crippen LogP contribution < -0.4 is 0 Å². The van der Waals surface area contributed by atoms with E-state index in [2.05, 4.69) is 15.5 Å². The number of rotatable bonds is 5. The number of tetrazole rings is 1. The standard InChI is InChI=1S/C14H18F3N5O/c1-13(2,23)9-21(3)8-12-18-19-20-22(12)11-6-4-10(5-7-11)14(15,16)17/h4-7,23H,8-9H2,1-3H3. The van der Waals surface area contributed by atoms with E-state index in [-0.39, 0.29) is 0 Å². The molecule has 0 spiro atoms. The highest BCUT2D eigenvalue weighted by molar-refractivity contribution is 5.35. The van der Waals surface area contributed by atoms with Gasteiger partial charge in [0.05, 0.1) is 23.4 Å². The number of benzene rings is 1. The molecule has 0 aliphatic heterocycles. The molecule has 0 aliphatic carbocycles. The molecule has 0 aliphatic rings. The first-order chi connectivity index (χ1) is 10.6. The molecule has 1 aromatic carbocycles. The van der Waals surface area contributed by atoms with E-state index in [0.29, 0.717) is 24.6 Å². The van der Waals surface area contributed by atoms with Crippen molar-refractivity contribution in [3.63, 3.8) is 0 Å². The normalized spacial score (nSPS) is 12.9. The van der Waals surface area contributed by atoms with Crippen LogP contribution in [-0.4, -0.2) is 49.4 Å². The molecule has 6 nitrogen and oxygen atoms in total. The number of aromatic nitrogens is 4. The van der Waals surface area contributed by atoms with Gasteiger partial charge in [0.15, 0.2) is 5.82 Å². The lowest BCUT2D eigenvalue weighted by Crippen LogP contribution is -2.36. The van der Waals surface area contributed by atoms with Gasteiger partial charge >= 0.3 is 6.18 Å². The Morgan fingerprint density at radius 1 is 1.17 bits per heavy atom. The Morgan fingerprint density at radius 2 is 1.78 bits per heavy atom.